The summed E-state index contributed by atoms with van der Waals surface area (Å²) in [4.78, 5) is 58.9. The van der Waals surface area contributed by atoms with Crippen molar-refractivity contribution in [1.82, 2.24) is 25.5 Å². The van der Waals surface area contributed by atoms with Crippen LogP contribution in [0.5, 0.6) is 6.01 Å². The van der Waals surface area contributed by atoms with E-state index in [9.17, 15) is 19.2 Å². The molecule has 0 spiro atoms. The van der Waals surface area contributed by atoms with Gasteiger partial charge in [-0.25, -0.2) is 4.98 Å². The van der Waals surface area contributed by atoms with Gasteiger partial charge in [0.25, 0.3) is 11.8 Å². The van der Waals surface area contributed by atoms with Crippen LogP contribution in [0.15, 0.2) is 30.5 Å². The number of piperidine rings is 2. The van der Waals surface area contributed by atoms with E-state index in [1.165, 1.54) is 0 Å². The first-order valence-electron chi connectivity index (χ1n) is 11.3. The highest BCUT2D eigenvalue weighted by molar-refractivity contribution is 6.23. The molecule has 11 heteroatoms. The van der Waals surface area contributed by atoms with Gasteiger partial charge in [0.15, 0.2) is 0 Å². The lowest BCUT2D eigenvalue weighted by Gasteiger charge is -2.27. The minimum absolute atomic E-state index is 0.0385. The molecule has 2 aromatic rings. The molecule has 0 radical (unpaired) electrons. The van der Waals surface area contributed by atoms with Gasteiger partial charge < -0.3 is 15.4 Å². The second kappa shape index (κ2) is 9.18. The molecule has 2 saturated heterocycles. The number of nitrogens with one attached hydrogen (secondary N) is 3. The van der Waals surface area contributed by atoms with Crippen LogP contribution in [-0.2, 0) is 16.1 Å². The summed E-state index contributed by atoms with van der Waals surface area (Å²) in [5.74, 6) is -1.51. The molecule has 4 amide bonds. The maximum Gasteiger partial charge on any atom is 0.318 e. The van der Waals surface area contributed by atoms with E-state index in [0.29, 0.717) is 18.4 Å². The first-order valence-corrected chi connectivity index (χ1v) is 11.3. The zero-order chi connectivity index (χ0) is 23.7. The lowest BCUT2D eigenvalue weighted by Crippen LogP contribution is -2.54. The monoisotopic (exact) mass is 464 g/mol. The zero-order valence-corrected chi connectivity index (χ0v) is 18.4. The normalized spacial score (nSPS) is 22.4. The van der Waals surface area contributed by atoms with E-state index >= 15 is 0 Å². The highest BCUT2D eigenvalue weighted by Crippen LogP contribution is 2.28. The zero-order valence-electron chi connectivity index (χ0n) is 18.4. The Morgan fingerprint density at radius 1 is 1.09 bits per heavy atom. The molecule has 3 aliphatic rings. The summed E-state index contributed by atoms with van der Waals surface area (Å²) in [5, 5.41) is 8.66. The fourth-order valence-corrected chi connectivity index (χ4v) is 4.39. The maximum atomic E-state index is 13.0. The smallest absolute Gasteiger partial charge is 0.318 e. The number of carbonyl (C=O) groups is 4. The summed E-state index contributed by atoms with van der Waals surface area (Å²) in [6.07, 6.45) is 3.86. The predicted octanol–water partition coefficient (Wildman–Crippen LogP) is 0.621. The Morgan fingerprint density at radius 3 is 2.74 bits per heavy atom. The van der Waals surface area contributed by atoms with Crippen LogP contribution in [0.2, 0.25) is 0 Å². The second-order valence-electron chi connectivity index (χ2n) is 8.49. The van der Waals surface area contributed by atoms with Crippen LogP contribution in [-0.4, -0.2) is 63.7 Å². The number of benzene rings is 1. The van der Waals surface area contributed by atoms with Crippen molar-refractivity contribution >= 4 is 29.4 Å². The molecule has 3 N–H and O–H groups in total. The van der Waals surface area contributed by atoms with Crippen LogP contribution < -0.4 is 20.7 Å². The fourth-order valence-electron chi connectivity index (χ4n) is 4.39. The average molecular weight is 464 g/mol. The predicted molar refractivity (Wildman–Crippen MR) is 119 cm³/mol. The topological polar surface area (TPSA) is 143 Å². The molecular formula is C23H24N6O5. The van der Waals surface area contributed by atoms with Crippen LogP contribution in [0.4, 0.5) is 5.82 Å². The van der Waals surface area contributed by atoms with Gasteiger partial charge in [-0.05, 0) is 49.6 Å². The van der Waals surface area contributed by atoms with Crippen molar-refractivity contribution in [3.8, 4) is 6.01 Å². The molecule has 4 heterocycles. The van der Waals surface area contributed by atoms with Crippen LogP contribution in [0.1, 0.15) is 52.0 Å². The van der Waals surface area contributed by atoms with Crippen molar-refractivity contribution in [1.29, 1.82) is 0 Å². The SMILES string of the molecule is O=C1CCC(N2C(=O)c3ccc(CNc4ccnc(OC5CCCNC5)n4)cc3C2=O)C(=O)N1. The Bertz CT molecular complexity index is 1160. The molecule has 0 bridgehead atoms. The Morgan fingerprint density at radius 2 is 1.94 bits per heavy atom. The van der Waals surface area contributed by atoms with E-state index in [2.05, 4.69) is 25.9 Å². The first-order chi connectivity index (χ1) is 16.5. The molecule has 2 fully saturated rings. The molecule has 2 unspecified atom stereocenters. The summed E-state index contributed by atoms with van der Waals surface area (Å²) >= 11 is 0. The Kier molecular flexibility index (Phi) is 5.93. The van der Waals surface area contributed by atoms with Crippen molar-refractivity contribution in [2.45, 2.75) is 44.4 Å². The first kappa shape index (κ1) is 22.0. The molecule has 1 aromatic heterocycles. The summed E-state index contributed by atoms with van der Waals surface area (Å²) in [7, 11) is 0. The van der Waals surface area contributed by atoms with Crippen molar-refractivity contribution in [2.24, 2.45) is 0 Å². The van der Waals surface area contributed by atoms with Gasteiger partial charge in [0.2, 0.25) is 11.8 Å². The molecule has 0 saturated carbocycles. The van der Waals surface area contributed by atoms with Gasteiger partial charge in [-0.2, -0.15) is 4.98 Å². The highest BCUT2D eigenvalue weighted by Gasteiger charge is 2.44. The number of fused-ring (bicyclic) bond motifs is 1. The quantitative estimate of drug-likeness (QED) is 0.524. The van der Waals surface area contributed by atoms with Crippen molar-refractivity contribution < 1.29 is 23.9 Å². The third-order valence-electron chi connectivity index (χ3n) is 6.14. The summed E-state index contributed by atoms with van der Waals surface area (Å²) in [5.41, 5.74) is 1.25. The Balaban J connectivity index is 1.26. The van der Waals surface area contributed by atoms with E-state index in [1.54, 1.807) is 30.5 Å². The number of hydrogen-bond donors (Lipinski definition) is 3. The second-order valence-corrected chi connectivity index (χ2v) is 8.49. The molecule has 5 rings (SSSR count). The molecule has 3 aliphatic heterocycles. The van der Waals surface area contributed by atoms with Crippen molar-refractivity contribution in [3.05, 3.63) is 47.2 Å². The summed E-state index contributed by atoms with van der Waals surface area (Å²) in [6, 6.07) is 6.01. The van der Waals surface area contributed by atoms with Crippen LogP contribution in [0, 0.1) is 0 Å². The minimum Gasteiger partial charge on any atom is -0.459 e. The van der Waals surface area contributed by atoms with Gasteiger partial charge in [0.1, 0.15) is 18.0 Å². The number of carbonyl (C=O) groups excluding carboxylic acids is 4. The minimum atomic E-state index is -0.981. The lowest BCUT2D eigenvalue weighted by molar-refractivity contribution is -0.136. The third kappa shape index (κ3) is 4.34. The summed E-state index contributed by atoms with van der Waals surface area (Å²) in [6.45, 7) is 2.11. The van der Waals surface area contributed by atoms with Gasteiger partial charge >= 0.3 is 6.01 Å². The van der Waals surface area contributed by atoms with Crippen LogP contribution >= 0.6 is 0 Å². The molecule has 1 aromatic carbocycles. The van der Waals surface area contributed by atoms with E-state index in [-0.39, 0.29) is 30.1 Å². The van der Waals surface area contributed by atoms with Gasteiger partial charge in [-0.3, -0.25) is 29.4 Å². The van der Waals surface area contributed by atoms with E-state index in [0.717, 1.165) is 36.4 Å². The highest BCUT2D eigenvalue weighted by atomic mass is 16.5. The third-order valence-corrected chi connectivity index (χ3v) is 6.14. The molecule has 11 nitrogen and oxygen atoms in total. The van der Waals surface area contributed by atoms with Gasteiger partial charge in [-0.15, -0.1) is 0 Å². The number of hydrogen-bond acceptors (Lipinski definition) is 9. The van der Waals surface area contributed by atoms with Crippen LogP contribution in [0.25, 0.3) is 0 Å². The maximum absolute atomic E-state index is 13.0. The molecule has 2 atom stereocenters. The number of amides is 4. The fraction of sp³-hybridized carbons (Fsp3) is 0.391. The molecule has 176 valence electrons. The van der Waals surface area contributed by atoms with Gasteiger partial charge in [0.05, 0.1) is 11.1 Å². The number of anilines is 1. The number of nitrogens with zero attached hydrogens (tertiary/aromatic N) is 3. The van der Waals surface area contributed by atoms with Crippen molar-refractivity contribution in [3.63, 3.8) is 0 Å². The molecule has 34 heavy (non-hydrogen) atoms. The Labute approximate surface area is 195 Å². The van der Waals surface area contributed by atoms with Crippen LogP contribution in [0.3, 0.4) is 0 Å². The number of ether oxygens (including phenoxy) is 1. The summed E-state index contributed by atoms with van der Waals surface area (Å²) < 4.78 is 5.85. The number of aromatic nitrogens is 2. The Hall–Kier alpha value is -3.86. The standard InChI is InChI=1S/C23H24N6O5/c30-19-6-5-17(20(31)28-19)29-21(32)15-4-3-13(10-16(15)22(29)33)11-26-18-7-9-25-23(27-18)34-14-2-1-8-24-12-14/h3-4,7,9-10,14,17,24H,1-2,5-6,8,11-12H2,(H,25,26,27)(H,28,30,31). The average Bonchev–Trinajstić information content (AvgIpc) is 3.08. The lowest BCUT2D eigenvalue weighted by atomic mass is 10.0. The van der Waals surface area contributed by atoms with Crippen molar-refractivity contribution in [2.75, 3.05) is 18.4 Å². The largest absolute Gasteiger partial charge is 0.459 e. The van der Waals surface area contributed by atoms with E-state index in [1.807, 2.05) is 0 Å². The van der Waals surface area contributed by atoms with Gasteiger partial charge in [0, 0.05) is 25.7 Å². The molecular weight excluding hydrogens is 440 g/mol. The van der Waals surface area contributed by atoms with E-state index < -0.39 is 29.7 Å². The molecule has 0 aliphatic carbocycles. The number of imide groups is 2. The number of rotatable bonds is 6. The van der Waals surface area contributed by atoms with E-state index in [4.69, 9.17) is 4.74 Å². The van der Waals surface area contributed by atoms with Gasteiger partial charge in [-0.1, -0.05) is 6.07 Å².